The van der Waals surface area contributed by atoms with E-state index in [1.807, 2.05) is 45.9 Å². The van der Waals surface area contributed by atoms with Crippen LogP contribution in [-0.4, -0.2) is 47.7 Å². The predicted molar refractivity (Wildman–Crippen MR) is 89.5 cm³/mol. The van der Waals surface area contributed by atoms with Gasteiger partial charge in [0, 0.05) is 19.3 Å². The van der Waals surface area contributed by atoms with Crippen molar-refractivity contribution < 1.29 is 19.1 Å². The van der Waals surface area contributed by atoms with Crippen LogP contribution in [0.15, 0.2) is 24.4 Å². The van der Waals surface area contributed by atoms with Gasteiger partial charge in [-0.1, -0.05) is 13.0 Å². The number of esters is 1. The van der Waals surface area contributed by atoms with Crippen molar-refractivity contribution in [3.05, 3.63) is 30.1 Å². The van der Waals surface area contributed by atoms with Gasteiger partial charge in [0.2, 0.25) is 0 Å². The Hall–Kier alpha value is -2.11. The number of carbonyl (C=O) groups is 2. The standard InChI is InChI=1S/C18H26N2O4/c1-13-12-20(16(22)24-17(2,3)4)11-9-18(13,15(21)23-5)14-8-6-7-10-19-14/h6-8,10,13H,9,11-12H2,1-5H3/t13-,18+/m1/s1. The zero-order chi connectivity index (χ0) is 18.0. The van der Waals surface area contributed by atoms with Crippen molar-refractivity contribution in [2.45, 2.75) is 45.1 Å². The van der Waals surface area contributed by atoms with Gasteiger partial charge in [0.25, 0.3) is 0 Å². The topological polar surface area (TPSA) is 68.7 Å². The number of piperidine rings is 1. The lowest BCUT2D eigenvalue weighted by Crippen LogP contribution is -2.55. The third-order valence-electron chi connectivity index (χ3n) is 4.43. The summed E-state index contributed by atoms with van der Waals surface area (Å²) in [5.41, 5.74) is -0.694. The number of likely N-dealkylation sites (tertiary alicyclic amines) is 1. The van der Waals surface area contributed by atoms with Crippen LogP contribution in [0.5, 0.6) is 0 Å². The van der Waals surface area contributed by atoms with Crippen LogP contribution in [0, 0.1) is 5.92 Å². The van der Waals surface area contributed by atoms with Gasteiger partial charge in [-0.3, -0.25) is 9.78 Å². The third kappa shape index (κ3) is 3.52. The molecule has 1 aromatic heterocycles. The summed E-state index contributed by atoms with van der Waals surface area (Å²) in [4.78, 5) is 31.0. The molecule has 0 saturated carbocycles. The molecule has 132 valence electrons. The Bertz CT molecular complexity index is 597. The number of ether oxygens (including phenoxy) is 2. The molecule has 1 saturated heterocycles. The van der Waals surface area contributed by atoms with Gasteiger partial charge in [0.15, 0.2) is 0 Å². The normalized spacial score (nSPS) is 24.4. The Kier molecular flexibility index (Phi) is 5.16. The van der Waals surface area contributed by atoms with Crippen molar-refractivity contribution in [3.8, 4) is 0 Å². The first-order valence-corrected chi connectivity index (χ1v) is 8.18. The van der Waals surface area contributed by atoms with Crippen LogP contribution in [0.1, 0.15) is 39.8 Å². The molecule has 0 spiro atoms. The fraction of sp³-hybridized carbons (Fsp3) is 0.611. The molecule has 2 heterocycles. The lowest BCUT2D eigenvalue weighted by molar-refractivity contribution is -0.152. The van der Waals surface area contributed by atoms with E-state index >= 15 is 0 Å². The van der Waals surface area contributed by atoms with Crippen LogP contribution < -0.4 is 0 Å². The molecule has 0 aliphatic carbocycles. The SMILES string of the molecule is COC(=O)[C@@]1(c2ccccn2)CCN(C(=O)OC(C)(C)C)C[C@H]1C. The number of hydrogen-bond acceptors (Lipinski definition) is 5. The first-order valence-electron chi connectivity index (χ1n) is 8.18. The van der Waals surface area contributed by atoms with Gasteiger partial charge < -0.3 is 14.4 Å². The molecule has 0 unspecified atom stereocenters. The highest BCUT2D eigenvalue weighted by Crippen LogP contribution is 2.40. The number of aromatic nitrogens is 1. The molecule has 1 amide bonds. The molecular formula is C18H26N2O4. The Balaban J connectivity index is 2.25. The van der Waals surface area contributed by atoms with Crippen molar-refractivity contribution in [2.24, 2.45) is 5.92 Å². The van der Waals surface area contributed by atoms with Gasteiger partial charge >= 0.3 is 12.1 Å². The number of carbonyl (C=O) groups excluding carboxylic acids is 2. The number of hydrogen-bond donors (Lipinski definition) is 0. The van der Waals surface area contributed by atoms with Crippen LogP contribution in [0.25, 0.3) is 0 Å². The molecule has 0 bridgehead atoms. The highest BCUT2D eigenvalue weighted by molar-refractivity contribution is 5.83. The number of rotatable bonds is 2. The lowest BCUT2D eigenvalue weighted by atomic mass is 9.68. The molecule has 24 heavy (non-hydrogen) atoms. The zero-order valence-corrected chi connectivity index (χ0v) is 15.0. The van der Waals surface area contributed by atoms with Gasteiger partial charge in [0.05, 0.1) is 12.8 Å². The van der Waals surface area contributed by atoms with Gasteiger partial charge in [-0.2, -0.15) is 0 Å². The van der Waals surface area contributed by atoms with E-state index in [4.69, 9.17) is 9.47 Å². The molecule has 1 aliphatic heterocycles. The second kappa shape index (κ2) is 6.79. The van der Waals surface area contributed by atoms with Gasteiger partial charge in [-0.15, -0.1) is 0 Å². The quantitative estimate of drug-likeness (QED) is 0.778. The van der Waals surface area contributed by atoms with Crippen molar-refractivity contribution in [3.63, 3.8) is 0 Å². The van der Waals surface area contributed by atoms with Crippen molar-refractivity contribution in [1.29, 1.82) is 0 Å². The van der Waals surface area contributed by atoms with E-state index in [0.717, 1.165) is 0 Å². The summed E-state index contributed by atoms with van der Waals surface area (Å²) in [6, 6.07) is 5.52. The van der Waals surface area contributed by atoms with Gasteiger partial charge in [-0.25, -0.2) is 4.79 Å². The first kappa shape index (κ1) is 18.2. The van der Waals surface area contributed by atoms with E-state index in [9.17, 15) is 9.59 Å². The molecular weight excluding hydrogens is 308 g/mol. The molecule has 2 rings (SSSR count). The van der Waals surface area contributed by atoms with Crippen molar-refractivity contribution >= 4 is 12.1 Å². The van der Waals surface area contributed by atoms with Crippen LogP contribution in [-0.2, 0) is 19.7 Å². The Labute approximate surface area is 143 Å². The van der Waals surface area contributed by atoms with Crippen LogP contribution >= 0.6 is 0 Å². The fourth-order valence-electron chi connectivity index (χ4n) is 3.22. The van der Waals surface area contributed by atoms with Crippen molar-refractivity contribution in [1.82, 2.24) is 9.88 Å². The van der Waals surface area contributed by atoms with E-state index in [-0.39, 0.29) is 18.0 Å². The monoisotopic (exact) mass is 334 g/mol. The van der Waals surface area contributed by atoms with E-state index in [2.05, 4.69) is 4.98 Å². The van der Waals surface area contributed by atoms with E-state index in [1.165, 1.54) is 7.11 Å². The molecule has 0 N–H and O–H groups in total. The minimum absolute atomic E-state index is 0.138. The van der Waals surface area contributed by atoms with Gasteiger partial charge in [0.1, 0.15) is 11.0 Å². The Morgan fingerprint density at radius 3 is 2.54 bits per heavy atom. The average molecular weight is 334 g/mol. The second-order valence-electron chi connectivity index (χ2n) is 7.26. The number of amides is 1. The molecule has 6 heteroatoms. The number of pyridine rings is 1. The highest BCUT2D eigenvalue weighted by atomic mass is 16.6. The highest BCUT2D eigenvalue weighted by Gasteiger charge is 2.51. The molecule has 2 atom stereocenters. The first-order chi connectivity index (χ1) is 11.2. The summed E-state index contributed by atoms with van der Waals surface area (Å²) in [7, 11) is 1.39. The molecule has 0 radical (unpaired) electrons. The largest absolute Gasteiger partial charge is 0.468 e. The summed E-state index contributed by atoms with van der Waals surface area (Å²) in [6.45, 7) is 8.30. The lowest BCUT2D eigenvalue weighted by Gasteiger charge is -2.44. The van der Waals surface area contributed by atoms with Crippen LogP contribution in [0.4, 0.5) is 4.79 Å². The van der Waals surface area contributed by atoms with E-state index in [0.29, 0.717) is 25.2 Å². The van der Waals surface area contributed by atoms with E-state index < -0.39 is 11.0 Å². The summed E-state index contributed by atoms with van der Waals surface area (Å²) in [6.07, 6.45) is 1.78. The van der Waals surface area contributed by atoms with Crippen LogP contribution in [0.3, 0.4) is 0 Å². The third-order valence-corrected chi connectivity index (χ3v) is 4.43. The molecule has 1 aromatic rings. The summed E-state index contributed by atoms with van der Waals surface area (Å²) in [5, 5.41) is 0. The summed E-state index contributed by atoms with van der Waals surface area (Å²) >= 11 is 0. The summed E-state index contributed by atoms with van der Waals surface area (Å²) in [5.74, 6) is -0.446. The van der Waals surface area contributed by atoms with Gasteiger partial charge in [-0.05, 0) is 45.2 Å². The van der Waals surface area contributed by atoms with Crippen LogP contribution in [0.2, 0.25) is 0 Å². The van der Waals surface area contributed by atoms with E-state index in [1.54, 1.807) is 11.1 Å². The zero-order valence-electron chi connectivity index (χ0n) is 15.0. The number of methoxy groups -OCH3 is 1. The Morgan fingerprint density at radius 1 is 1.33 bits per heavy atom. The second-order valence-corrected chi connectivity index (χ2v) is 7.26. The fourth-order valence-corrected chi connectivity index (χ4v) is 3.22. The maximum Gasteiger partial charge on any atom is 0.410 e. The predicted octanol–water partition coefficient (Wildman–Crippen LogP) is 2.77. The summed E-state index contributed by atoms with van der Waals surface area (Å²) < 4.78 is 10.5. The maximum absolute atomic E-state index is 12.6. The number of nitrogens with zero attached hydrogens (tertiary/aromatic N) is 2. The molecule has 6 nitrogen and oxygen atoms in total. The minimum Gasteiger partial charge on any atom is -0.468 e. The Morgan fingerprint density at radius 2 is 2.04 bits per heavy atom. The molecule has 0 aromatic carbocycles. The molecule has 1 fully saturated rings. The molecule has 1 aliphatic rings. The smallest absolute Gasteiger partial charge is 0.410 e. The minimum atomic E-state index is -0.839. The maximum atomic E-state index is 12.6. The average Bonchev–Trinajstić information content (AvgIpc) is 2.53. The van der Waals surface area contributed by atoms with Crippen molar-refractivity contribution in [2.75, 3.05) is 20.2 Å².